The minimum absolute atomic E-state index is 0.0439. The standard InChI is InChI=1S/C18H25N5O3S/c1-15-9-20-22(11-15)14-18(24)21-8-4-6-17(13-21)23(27(2,25)26)12-16-5-3-7-19-10-16/h3,5,7,9-11,17H,4,6,8,12-14H2,1-2H3. The molecule has 146 valence electrons. The van der Waals surface area contributed by atoms with Crippen molar-refractivity contribution in [2.75, 3.05) is 19.3 Å². The quantitative estimate of drug-likeness (QED) is 0.734. The fourth-order valence-electron chi connectivity index (χ4n) is 3.40. The van der Waals surface area contributed by atoms with E-state index in [0.29, 0.717) is 13.1 Å². The Morgan fingerprint density at radius 2 is 2.19 bits per heavy atom. The van der Waals surface area contributed by atoms with Crippen molar-refractivity contribution >= 4 is 15.9 Å². The molecular formula is C18H25N5O3S. The number of piperidine rings is 1. The van der Waals surface area contributed by atoms with E-state index < -0.39 is 10.0 Å². The van der Waals surface area contributed by atoms with Crippen LogP contribution < -0.4 is 0 Å². The molecule has 0 aliphatic carbocycles. The Hall–Kier alpha value is -2.26. The van der Waals surface area contributed by atoms with E-state index in [-0.39, 0.29) is 25.0 Å². The van der Waals surface area contributed by atoms with Gasteiger partial charge in [-0.2, -0.15) is 9.40 Å². The monoisotopic (exact) mass is 391 g/mol. The molecular weight excluding hydrogens is 366 g/mol. The van der Waals surface area contributed by atoms with E-state index in [1.165, 1.54) is 10.6 Å². The maximum Gasteiger partial charge on any atom is 0.244 e. The number of carbonyl (C=O) groups is 1. The highest BCUT2D eigenvalue weighted by Crippen LogP contribution is 2.21. The Morgan fingerprint density at radius 1 is 1.37 bits per heavy atom. The first-order chi connectivity index (χ1) is 12.8. The van der Waals surface area contributed by atoms with Crippen LogP contribution in [0.1, 0.15) is 24.0 Å². The first-order valence-electron chi connectivity index (χ1n) is 8.95. The molecule has 0 N–H and O–H groups in total. The predicted octanol–water partition coefficient (Wildman–Crippen LogP) is 1.04. The van der Waals surface area contributed by atoms with Gasteiger partial charge in [0.05, 0.1) is 12.5 Å². The molecule has 2 aromatic rings. The van der Waals surface area contributed by atoms with Gasteiger partial charge in [0.2, 0.25) is 15.9 Å². The van der Waals surface area contributed by atoms with Crippen LogP contribution in [0, 0.1) is 6.92 Å². The number of carbonyl (C=O) groups excluding carboxylic acids is 1. The third-order valence-corrected chi connectivity index (χ3v) is 5.98. The molecule has 9 heteroatoms. The lowest BCUT2D eigenvalue weighted by Crippen LogP contribution is -2.51. The predicted molar refractivity (Wildman–Crippen MR) is 101 cm³/mol. The normalized spacial score (nSPS) is 18.0. The SMILES string of the molecule is Cc1cnn(CC(=O)N2CCCC(N(Cc3cccnc3)S(C)(=O)=O)C2)c1. The van der Waals surface area contributed by atoms with Crippen LogP contribution in [0.4, 0.5) is 0 Å². The van der Waals surface area contributed by atoms with Crippen molar-refractivity contribution in [2.24, 2.45) is 0 Å². The summed E-state index contributed by atoms with van der Waals surface area (Å²) in [5, 5.41) is 4.16. The van der Waals surface area contributed by atoms with Gasteiger partial charge >= 0.3 is 0 Å². The van der Waals surface area contributed by atoms with E-state index in [1.807, 2.05) is 19.2 Å². The zero-order valence-electron chi connectivity index (χ0n) is 15.7. The summed E-state index contributed by atoms with van der Waals surface area (Å²) in [5.41, 5.74) is 1.83. The molecule has 0 saturated carbocycles. The summed E-state index contributed by atoms with van der Waals surface area (Å²) in [4.78, 5) is 18.4. The van der Waals surface area contributed by atoms with E-state index in [9.17, 15) is 13.2 Å². The number of aryl methyl sites for hydroxylation is 1. The summed E-state index contributed by atoms with van der Waals surface area (Å²) in [6.07, 6.45) is 9.59. The summed E-state index contributed by atoms with van der Waals surface area (Å²) < 4.78 is 27.9. The molecule has 3 heterocycles. The molecule has 3 rings (SSSR count). The summed E-state index contributed by atoms with van der Waals surface area (Å²) >= 11 is 0. The number of hydrogen-bond acceptors (Lipinski definition) is 5. The molecule has 1 aliphatic heterocycles. The molecule has 1 unspecified atom stereocenters. The third-order valence-electron chi connectivity index (χ3n) is 4.70. The van der Waals surface area contributed by atoms with Crippen molar-refractivity contribution in [3.8, 4) is 0 Å². The molecule has 0 bridgehead atoms. The van der Waals surface area contributed by atoms with Crippen molar-refractivity contribution in [1.29, 1.82) is 0 Å². The van der Waals surface area contributed by atoms with Crippen molar-refractivity contribution in [3.63, 3.8) is 0 Å². The van der Waals surface area contributed by atoms with Crippen LogP contribution in [0.15, 0.2) is 36.9 Å². The van der Waals surface area contributed by atoms with Crippen LogP contribution in [0.5, 0.6) is 0 Å². The Labute approximate surface area is 159 Å². The highest BCUT2D eigenvalue weighted by atomic mass is 32.2. The molecule has 2 aromatic heterocycles. The van der Waals surface area contributed by atoms with Gasteiger partial charge in [-0.05, 0) is 37.0 Å². The minimum atomic E-state index is -3.42. The van der Waals surface area contributed by atoms with Gasteiger partial charge in [-0.3, -0.25) is 14.5 Å². The van der Waals surface area contributed by atoms with Crippen molar-refractivity contribution < 1.29 is 13.2 Å². The Morgan fingerprint density at radius 3 is 2.81 bits per heavy atom. The van der Waals surface area contributed by atoms with Gasteiger partial charge in [-0.15, -0.1) is 0 Å². The topological polar surface area (TPSA) is 88.4 Å². The van der Waals surface area contributed by atoms with E-state index in [1.54, 1.807) is 34.2 Å². The van der Waals surface area contributed by atoms with Gasteiger partial charge in [0.15, 0.2) is 0 Å². The van der Waals surface area contributed by atoms with Crippen LogP contribution in [0.2, 0.25) is 0 Å². The summed E-state index contributed by atoms with van der Waals surface area (Å²) in [7, 11) is -3.42. The first kappa shape index (κ1) is 19.5. The summed E-state index contributed by atoms with van der Waals surface area (Å²) in [6, 6.07) is 3.41. The minimum Gasteiger partial charge on any atom is -0.339 e. The third kappa shape index (κ3) is 5.14. The second kappa shape index (κ2) is 8.18. The smallest absolute Gasteiger partial charge is 0.244 e. The number of amides is 1. The fourth-order valence-corrected chi connectivity index (χ4v) is 4.49. The lowest BCUT2D eigenvalue weighted by Gasteiger charge is -2.38. The van der Waals surface area contributed by atoms with Gasteiger partial charge in [0, 0.05) is 44.3 Å². The average molecular weight is 391 g/mol. The molecule has 1 amide bonds. The molecule has 1 aliphatic rings. The van der Waals surface area contributed by atoms with Gasteiger partial charge in [-0.25, -0.2) is 8.42 Å². The second-order valence-electron chi connectivity index (χ2n) is 7.02. The lowest BCUT2D eigenvalue weighted by atomic mass is 10.1. The van der Waals surface area contributed by atoms with E-state index in [4.69, 9.17) is 0 Å². The Kier molecular flexibility index (Phi) is 5.91. The summed E-state index contributed by atoms with van der Waals surface area (Å²) in [6.45, 7) is 3.39. The van der Waals surface area contributed by atoms with Crippen LogP contribution in [0.25, 0.3) is 0 Å². The van der Waals surface area contributed by atoms with Crippen LogP contribution in [0.3, 0.4) is 0 Å². The molecule has 1 fully saturated rings. The maximum absolute atomic E-state index is 12.6. The zero-order chi connectivity index (χ0) is 19.4. The van der Waals surface area contributed by atoms with Crippen molar-refractivity contribution in [1.82, 2.24) is 24.0 Å². The van der Waals surface area contributed by atoms with Gasteiger partial charge in [0.25, 0.3) is 0 Å². The number of rotatable bonds is 6. The van der Waals surface area contributed by atoms with E-state index >= 15 is 0 Å². The van der Waals surface area contributed by atoms with Crippen molar-refractivity contribution in [2.45, 2.75) is 38.9 Å². The number of likely N-dealkylation sites (tertiary alicyclic amines) is 1. The van der Waals surface area contributed by atoms with Gasteiger partial charge < -0.3 is 4.90 Å². The maximum atomic E-state index is 12.6. The lowest BCUT2D eigenvalue weighted by molar-refractivity contribution is -0.133. The number of hydrogen-bond donors (Lipinski definition) is 0. The average Bonchev–Trinajstić information content (AvgIpc) is 3.04. The Balaban J connectivity index is 1.71. The van der Waals surface area contributed by atoms with Crippen LogP contribution >= 0.6 is 0 Å². The fraction of sp³-hybridized carbons (Fsp3) is 0.500. The van der Waals surface area contributed by atoms with E-state index in [2.05, 4.69) is 10.1 Å². The Bertz CT molecular complexity index is 881. The zero-order valence-corrected chi connectivity index (χ0v) is 16.5. The summed E-state index contributed by atoms with van der Waals surface area (Å²) in [5.74, 6) is -0.0439. The van der Waals surface area contributed by atoms with E-state index in [0.717, 1.165) is 24.0 Å². The van der Waals surface area contributed by atoms with Gasteiger partial charge in [0.1, 0.15) is 6.54 Å². The molecule has 0 spiro atoms. The highest BCUT2D eigenvalue weighted by molar-refractivity contribution is 7.88. The van der Waals surface area contributed by atoms with Crippen molar-refractivity contribution in [3.05, 3.63) is 48.0 Å². The van der Waals surface area contributed by atoms with Crippen LogP contribution in [-0.4, -0.2) is 63.7 Å². The molecule has 0 radical (unpaired) electrons. The first-order valence-corrected chi connectivity index (χ1v) is 10.8. The molecule has 1 atom stereocenters. The second-order valence-corrected chi connectivity index (χ2v) is 8.96. The molecule has 27 heavy (non-hydrogen) atoms. The number of nitrogens with zero attached hydrogens (tertiary/aromatic N) is 5. The largest absolute Gasteiger partial charge is 0.339 e. The molecule has 0 aromatic carbocycles. The number of aromatic nitrogens is 3. The van der Waals surface area contributed by atoms with Crippen LogP contribution in [-0.2, 0) is 27.9 Å². The molecule has 1 saturated heterocycles. The number of sulfonamides is 1. The highest BCUT2D eigenvalue weighted by Gasteiger charge is 2.32. The molecule has 8 nitrogen and oxygen atoms in total. The van der Waals surface area contributed by atoms with Gasteiger partial charge in [-0.1, -0.05) is 6.07 Å². The number of pyridine rings is 1.